The number of imidazole rings is 3. The SMILES string of the molecule is Cc1ccc(-c2ccc3[nH]c(=O)[nH]c3c2)o1.Cc1ccc(-c2ccc3[nH]c(=O)ccc3c2)o1.Cc1ccc(-c2ccc3c(c2)CNC3=O)o1.Cc1ccc(-c2ccc3c(c2)NC(=O)C3)o1.Cc1ccc(-c2ccc3nc[nH]c3c2)o1.Cc1ccc(-c2ccc3oc(=O)[nH]c3c2)o1.Cc1nc2ccc(-c3ccc(C)o3)cc2[nH]1. The molecule has 0 saturated heterocycles. The van der Waals surface area contributed by atoms with Gasteiger partial charge >= 0.3 is 11.4 Å². The first kappa shape index (κ1) is 72.7. The van der Waals surface area contributed by atoms with E-state index in [1.807, 2.05) is 262 Å². The molecular formula is C89H74N10O13. The molecule has 0 aliphatic carbocycles. The number of aromatic amines is 6. The number of nitrogens with one attached hydrogen (secondary N) is 8. The first-order chi connectivity index (χ1) is 54.2. The summed E-state index contributed by atoms with van der Waals surface area (Å²) in [5, 5.41) is 6.63. The number of benzene rings is 7. The maximum atomic E-state index is 11.4. The van der Waals surface area contributed by atoms with Crippen molar-refractivity contribution in [1.82, 2.24) is 45.2 Å². The van der Waals surface area contributed by atoms with Gasteiger partial charge in [0.05, 0.1) is 51.4 Å². The highest BCUT2D eigenvalue weighted by Crippen LogP contribution is 2.34. The molecule has 14 heterocycles. The number of nitrogens with zero attached hydrogens (tertiary/aromatic N) is 2. The third kappa shape index (κ3) is 16.9. The molecule has 0 fully saturated rings. The Bertz CT molecular complexity index is 6690. The molecule has 0 unspecified atom stereocenters. The average molecular weight is 1490 g/mol. The zero-order chi connectivity index (χ0) is 77.7. The minimum atomic E-state index is -0.442. The van der Waals surface area contributed by atoms with Gasteiger partial charge in [0.15, 0.2) is 5.58 Å². The van der Waals surface area contributed by atoms with Gasteiger partial charge in [-0.3, -0.25) is 19.4 Å². The summed E-state index contributed by atoms with van der Waals surface area (Å²) in [4.78, 5) is 81.5. The minimum absolute atomic E-state index is 0.0113. The van der Waals surface area contributed by atoms with Crippen molar-refractivity contribution in [2.24, 2.45) is 0 Å². The van der Waals surface area contributed by atoms with Crippen LogP contribution in [-0.2, 0) is 17.8 Å². The molecule has 0 spiro atoms. The number of aromatic nitrogens is 8. The molecule has 112 heavy (non-hydrogen) atoms. The van der Waals surface area contributed by atoms with E-state index in [4.69, 9.17) is 35.3 Å². The lowest BCUT2D eigenvalue weighted by atomic mass is 10.0. The normalized spacial score (nSPS) is 11.8. The number of amides is 2. The number of H-pyrrole nitrogens is 6. The Labute approximate surface area is 637 Å². The largest absolute Gasteiger partial charge is 0.461 e. The second kappa shape index (κ2) is 31.5. The van der Waals surface area contributed by atoms with Gasteiger partial charge in [0, 0.05) is 68.3 Å². The molecule has 2 aliphatic heterocycles. The summed E-state index contributed by atoms with van der Waals surface area (Å²) in [6.07, 6.45) is 2.18. The van der Waals surface area contributed by atoms with Gasteiger partial charge in [0.1, 0.15) is 86.5 Å². The summed E-state index contributed by atoms with van der Waals surface area (Å²) in [7, 11) is 0. The van der Waals surface area contributed by atoms with E-state index in [1.54, 1.807) is 12.4 Å². The van der Waals surface area contributed by atoms with Crippen LogP contribution in [0.2, 0.25) is 0 Å². The van der Waals surface area contributed by atoms with Gasteiger partial charge in [0.25, 0.3) is 5.91 Å². The van der Waals surface area contributed by atoms with Crippen molar-refractivity contribution in [2.75, 3.05) is 5.32 Å². The van der Waals surface area contributed by atoms with E-state index in [9.17, 15) is 24.0 Å². The molecular weight excluding hydrogens is 1420 g/mol. The molecule has 2 amide bonds. The van der Waals surface area contributed by atoms with Crippen molar-refractivity contribution >= 4 is 72.6 Å². The predicted octanol–water partition coefficient (Wildman–Crippen LogP) is 20.0. The van der Waals surface area contributed by atoms with Crippen molar-refractivity contribution in [3.63, 3.8) is 0 Å². The van der Waals surface area contributed by atoms with E-state index in [0.717, 1.165) is 192 Å². The second-order valence-electron chi connectivity index (χ2n) is 26.9. The summed E-state index contributed by atoms with van der Waals surface area (Å²) < 4.78 is 43.8. The topological polar surface area (TPSA) is 335 Å². The van der Waals surface area contributed by atoms with E-state index in [1.165, 1.54) is 6.07 Å². The van der Waals surface area contributed by atoms with Gasteiger partial charge in [-0.05, 0) is 272 Å². The number of hydrogen-bond donors (Lipinski definition) is 8. The van der Waals surface area contributed by atoms with Gasteiger partial charge in [0.2, 0.25) is 11.5 Å². The number of anilines is 1. The fraction of sp³-hybridized carbons (Fsp3) is 0.112. The van der Waals surface area contributed by atoms with Crippen LogP contribution in [0.5, 0.6) is 0 Å². The van der Waals surface area contributed by atoms with E-state index in [0.29, 0.717) is 24.1 Å². The predicted molar refractivity (Wildman–Crippen MR) is 431 cm³/mol. The highest BCUT2D eigenvalue weighted by atomic mass is 16.4. The first-order valence-electron chi connectivity index (χ1n) is 35.9. The second-order valence-corrected chi connectivity index (χ2v) is 26.9. The third-order valence-electron chi connectivity index (χ3n) is 18.4. The van der Waals surface area contributed by atoms with Crippen LogP contribution < -0.4 is 27.6 Å². The van der Waals surface area contributed by atoms with Crippen LogP contribution >= 0.6 is 0 Å². The quantitative estimate of drug-likeness (QED) is 0.0735. The number of carbonyl (C=O) groups excluding carboxylic acids is 2. The lowest BCUT2D eigenvalue weighted by molar-refractivity contribution is -0.115. The summed E-state index contributed by atoms with van der Waals surface area (Å²) in [6, 6.07) is 71.3. The number of aryl methyl sites for hydroxylation is 8. The van der Waals surface area contributed by atoms with Gasteiger partial charge in [-0.25, -0.2) is 19.6 Å². The molecule has 7 aromatic carbocycles. The fourth-order valence-electron chi connectivity index (χ4n) is 12.9. The van der Waals surface area contributed by atoms with Crippen LogP contribution in [-0.4, -0.2) is 51.7 Å². The van der Waals surface area contributed by atoms with Gasteiger partial charge in [-0.1, -0.05) is 18.2 Å². The summed E-state index contributed by atoms with van der Waals surface area (Å²) in [6.45, 7) is 16.0. The fourth-order valence-corrected chi connectivity index (χ4v) is 12.9. The molecule has 23 nitrogen and oxygen atoms in total. The molecule has 23 heteroatoms. The average Bonchev–Trinajstić information content (AvgIpc) is 1.06. The molecule has 21 rings (SSSR count). The third-order valence-corrected chi connectivity index (χ3v) is 18.4. The number of furan rings is 7. The Balaban J connectivity index is 0.000000103. The Hall–Kier alpha value is -14.9. The van der Waals surface area contributed by atoms with E-state index in [2.05, 4.69) is 56.6 Å². The number of carbonyl (C=O) groups is 2. The summed E-state index contributed by atoms with van der Waals surface area (Å²) >= 11 is 0. The van der Waals surface area contributed by atoms with E-state index in [-0.39, 0.29) is 23.1 Å². The highest BCUT2D eigenvalue weighted by molar-refractivity contribution is 6.00. The van der Waals surface area contributed by atoms with Crippen molar-refractivity contribution in [1.29, 1.82) is 0 Å². The van der Waals surface area contributed by atoms with Crippen molar-refractivity contribution in [2.45, 2.75) is 68.4 Å². The summed E-state index contributed by atoms with van der Waals surface area (Å²) in [5.74, 6) is 12.7. The van der Waals surface area contributed by atoms with Gasteiger partial charge < -0.3 is 70.9 Å². The van der Waals surface area contributed by atoms with E-state index < -0.39 is 5.76 Å². The molecule has 12 aromatic heterocycles. The Morgan fingerprint density at radius 1 is 0.339 bits per heavy atom. The first-order valence-corrected chi connectivity index (χ1v) is 35.9. The number of rotatable bonds is 7. The Kier molecular flexibility index (Phi) is 20.5. The maximum absolute atomic E-state index is 11.4. The van der Waals surface area contributed by atoms with Crippen LogP contribution in [0.15, 0.2) is 281 Å². The van der Waals surface area contributed by atoms with Crippen LogP contribution in [0.3, 0.4) is 0 Å². The number of hydrogen-bond acceptors (Lipinski definition) is 15. The molecule has 8 N–H and O–H groups in total. The summed E-state index contributed by atoms with van der Waals surface area (Å²) in [5.41, 5.74) is 18.2. The zero-order valence-corrected chi connectivity index (χ0v) is 62.1. The molecule has 19 aromatic rings. The van der Waals surface area contributed by atoms with Gasteiger partial charge in [-0.15, -0.1) is 0 Å². The highest BCUT2D eigenvalue weighted by Gasteiger charge is 2.21. The number of oxazole rings is 1. The molecule has 0 bridgehead atoms. The number of pyridine rings is 1. The molecule has 558 valence electrons. The number of fused-ring (bicyclic) bond motifs is 7. The van der Waals surface area contributed by atoms with Gasteiger partial charge in [-0.2, -0.15) is 0 Å². The Morgan fingerprint density at radius 3 is 1.35 bits per heavy atom. The van der Waals surface area contributed by atoms with Crippen molar-refractivity contribution < 1.29 is 44.9 Å². The van der Waals surface area contributed by atoms with E-state index >= 15 is 0 Å². The molecule has 2 aliphatic rings. The minimum Gasteiger partial charge on any atom is -0.461 e. The van der Waals surface area contributed by atoms with Crippen LogP contribution in [0.1, 0.15) is 67.6 Å². The molecule has 0 atom stereocenters. The van der Waals surface area contributed by atoms with Crippen molar-refractivity contribution in [3.8, 4) is 79.3 Å². The molecule has 0 saturated carbocycles. The maximum Gasteiger partial charge on any atom is 0.417 e. The van der Waals surface area contributed by atoms with Crippen LogP contribution in [0.4, 0.5) is 5.69 Å². The zero-order valence-electron chi connectivity index (χ0n) is 62.1. The lowest BCUT2D eigenvalue weighted by Crippen LogP contribution is -2.12. The van der Waals surface area contributed by atoms with Crippen molar-refractivity contribution in [3.05, 3.63) is 325 Å². The van der Waals surface area contributed by atoms with Crippen LogP contribution in [0.25, 0.3) is 134 Å². The van der Waals surface area contributed by atoms with Crippen LogP contribution in [0, 0.1) is 55.4 Å². The smallest absolute Gasteiger partial charge is 0.417 e. The standard InChI is InChI=1S/C14H11NO2.C13H12N2O.2C13H11NO2.C12H10N2O2.C12H10N2O.C12H9NO3/c1-9-2-6-13(17-9)11-3-5-12-10(8-11)4-7-14(16)15-12;1-8-3-6-13(16-8)10-4-5-11-12(7-10)15-9(2)14-11;1-8-2-5-12(16-8)10-4-3-9-7-13(15)14-11(9)6-10;1-8-2-5-12(16-8)9-3-4-11-10(6-9)7-14-13(11)15;1-7-2-5-11(16-7)8-3-4-9-10(6-8)14-12(15)13-9;1-8-2-5-12(15-8)9-3-4-10-11(6-9)14-7-13-10;1-7-2-4-10(15-7)8-3-5-11-9(6-8)13-12(14)16-11/h2-8H,1H3,(H,15,16);3-7H,1-2H3,(H,14,15);2*2-6H,7H2,1H3,(H,14,15);2-6H,1H3,(H2,13,14,15);2-7H,1H3,(H,13,14);2-6H,1H3,(H,13,14). The molecule has 0 radical (unpaired) electrons. The lowest BCUT2D eigenvalue weighted by Gasteiger charge is -2.01. The Morgan fingerprint density at radius 2 is 0.795 bits per heavy atom. The monoisotopic (exact) mass is 1490 g/mol.